The van der Waals surface area contributed by atoms with Crippen molar-refractivity contribution in [1.82, 2.24) is 5.32 Å². The zero-order chi connectivity index (χ0) is 18.1. The van der Waals surface area contributed by atoms with Gasteiger partial charge in [-0.05, 0) is 46.1 Å². The lowest BCUT2D eigenvalue weighted by Gasteiger charge is -2.34. The van der Waals surface area contributed by atoms with Gasteiger partial charge in [-0.3, -0.25) is 9.59 Å². The third kappa shape index (κ3) is 7.59. The van der Waals surface area contributed by atoms with E-state index in [0.29, 0.717) is 0 Å². The number of esters is 1. The molecular formula is C19H29NO4. The minimum Gasteiger partial charge on any atom is -0.459 e. The summed E-state index contributed by atoms with van der Waals surface area (Å²) in [5.41, 5.74) is 1.15. The van der Waals surface area contributed by atoms with E-state index in [1.807, 2.05) is 19.9 Å². The molecular weight excluding hydrogens is 306 g/mol. The molecule has 0 saturated carbocycles. The van der Waals surface area contributed by atoms with Gasteiger partial charge < -0.3 is 14.8 Å². The first kappa shape index (κ1) is 20.2. The Bertz CT molecular complexity index is 509. The predicted octanol–water partition coefficient (Wildman–Crippen LogP) is 3.07. The highest BCUT2D eigenvalue weighted by Crippen LogP contribution is 2.22. The molecule has 24 heavy (non-hydrogen) atoms. The Hall–Kier alpha value is -1.88. The highest BCUT2D eigenvalue weighted by atomic mass is 16.5. The maximum absolute atomic E-state index is 12.0. The van der Waals surface area contributed by atoms with Crippen LogP contribution in [0.1, 0.15) is 47.0 Å². The molecule has 1 aliphatic rings. The lowest BCUT2D eigenvalue weighted by molar-refractivity contribution is -0.143. The molecule has 1 saturated heterocycles. The lowest BCUT2D eigenvalue weighted by atomic mass is 9.97. The van der Waals surface area contributed by atoms with Crippen molar-refractivity contribution in [1.29, 1.82) is 0 Å². The summed E-state index contributed by atoms with van der Waals surface area (Å²) < 4.78 is 10.9. The van der Waals surface area contributed by atoms with Crippen molar-refractivity contribution in [3.05, 3.63) is 36.5 Å². The Morgan fingerprint density at radius 2 is 2.08 bits per heavy atom. The van der Waals surface area contributed by atoms with Gasteiger partial charge in [0, 0.05) is 13.0 Å². The van der Waals surface area contributed by atoms with Gasteiger partial charge in [-0.1, -0.05) is 24.3 Å². The van der Waals surface area contributed by atoms with Crippen LogP contribution < -0.4 is 5.32 Å². The summed E-state index contributed by atoms with van der Waals surface area (Å²) in [7, 11) is 0. The number of amides is 1. The van der Waals surface area contributed by atoms with Gasteiger partial charge >= 0.3 is 5.97 Å². The normalized spacial score (nSPS) is 26.0. The standard InChI is InChI=1S/C19H29NO4/c1-6-13(2)7-9-17-10-11-18(15(4)24-17)20-19(22)12-8-14(3)23-16(5)21/h6-8,12,14-15,17-18H,1,9-11H2,2-5H3,(H,20,22)/b12-8-,13-7+/t14?,15-,17+,18-/m1/s1. The minimum absolute atomic E-state index is 0.00749. The molecule has 1 fully saturated rings. The van der Waals surface area contributed by atoms with E-state index in [0.717, 1.165) is 24.8 Å². The fraction of sp³-hybridized carbons (Fsp3) is 0.579. The number of nitrogens with one attached hydrogen (secondary N) is 1. The van der Waals surface area contributed by atoms with Gasteiger partial charge in [0.05, 0.1) is 18.2 Å². The second-order valence-electron chi connectivity index (χ2n) is 6.22. The molecule has 0 bridgehead atoms. The summed E-state index contributed by atoms with van der Waals surface area (Å²) in [5.74, 6) is -0.566. The molecule has 5 nitrogen and oxygen atoms in total. The van der Waals surface area contributed by atoms with Crippen LogP contribution in [0, 0.1) is 0 Å². The fourth-order valence-electron chi connectivity index (χ4n) is 2.59. The molecule has 134 valence electrons. The predicted molar refractivity (Wildman–Crippen MR) is 94.4 cm³/mol. The summed E-state index contributed by atoms with van der Waals surface area (Å²) in [4.78, 5) is 22.8. The molecule has 1 heterocycles. The largest absolute Gasteiger partial charge is 0.459 e. The summed E-state index contributed by atoms with van der Waals surface area (Å²) in [5, 5.41) is 2.95. The Labute approximate surface area is 144 Å². The highest BCUT2D eigenvalue weighted by molar-refractivity contribution is 5.87. The Morgan fingerprint density at radius 3 is 2.67 bits per heavy atom. The van der Waals surface area contributed by atoms with Crippen molar-refractivity contribution in [3.8, 4) is 0 Å². The van der Waals surface area contributed by atoms with Gasteiger partial charge in [0.25, 0.3) is 0 Å². The molecule has 4 atom stereocenters. The van der Waals surface area contributed by atoms with E-state index in [4.69, 9.17) is 9.47 Å². The first-order valence-corrected chi connectivity index (χ1v) is 8.42. The van der Waals surface area contributed by atoms with E-state index in [-0.39, 0.29) is 30.1 Å². The average Bonchev–Trinajstić information content (AvgIpc) is 2.52. The van der Waals surface area contributed by atoms with Crippen LogP contribution in [0.2, 0.25) is 0 Å². The summed E-state index contributed by atoms with van der Waals surface area (Å²) >= 11 is 0. The highest BCUT2D eigenvalue weighted by Gasteiger charge is 2.28. The Morgan fingerprint density at radius 1 is 1.38 bits per heavy atom. The second-order valence-corrected chi connectivity index (χ2v) is 6.22. The summed E-state index contributed by atoms with van der Waals surface area (Å²) in [6.07, 6.45) is 9.31. The van der Waals surface area contributed by atoms with E-state index in [1.54, 1.807) is 13.0 Å². The van der Waals surface area contributed by atoms with E-state index in [1.165, 1.54) is 13.0 Å². The van der Waals surface area contributed by atoms with Gasteiger partial charge in [-0.15, -0.1) is 0 Å². The molecule has 0 aromatic carbocycles. The quantitative estimate of drug-likeness (QED) is 0.441. The van der Waals surface area contributed by atoms with Crippen molar-refractivity contribution < 1.29 is 19.1 Å². The number of carbonyl (C=O) groups is 2. The zero-order valence-corrected chi connectivity index (χ0v) is 15.1. The van der Waals surface area contributed by atoms with Crippen LogP contribution in [0.5, 0.6) is 0 Å². The monoisotopic (exact) mass is 335 g/mol. The molecule has 0 radical (unpaired) electrons. The topological polar surface area (TPSA) is 64.6 Å². The number of carbonyl (C=O) groups excluding carboxylic acids is 2. The first-order chi connectivity index (χ1) is 11.3. The third-order valence-corrected chi connectivity index (χ3v) is 4.00. The summed E-state index contributed by atoms with van der Waals surface area (Å²) in [6.45, 7) is 10.8. The number of hydrogen-bond donors (Lipinski definition) is 1. The van der Waals surface area contributed by atoms with Crippen molar-refractivity contribution in [2.45, 2.75) is 71.3 Å². The van der Waals surface area contributed by atoms with Crippen molar-refractivity contribution in [3.63, 3.8) is 0 Å². The van der Waals surface area contributed by atoms with Gasteiger partial charge in [-0.2, -0.15) is 0 Å². The van der Waals surface area contributed by atoms with E-state index >= 15 is 0 Å². The van der Waals surface area contributed by atoms with Gasteiger partial charge in [-0.25, -0.2) is 0 Å². The smallest absolute Gasteiger partial charge is 0.303 e. The number of allylic oxidation sites excluding steroid dienone is 2. The van der Waals surface area contributed by atoms with Crippen LogP contribution in [0.25, 0.3) is 0 Å². The molecule has 5 heteroatoms. The van der Waals surface area contributed by atoms with E-state index in [9.17, 15) is 9.59 Å². The second kappa shape index (κ2) is 10.1. The number of rotatable bonds is 7. The molecule has 1 N–H and O–H groups in total. The minimum atomic E-state index is -0.419. The van der Waals surface area contributed by atoms with Gasteiger partial charge in [0.1, 0.15) is 6.10 Å². The number of hydrogen-bond acceptors (Lipinski definition) is 4. The number of ether oxygens (including phenoxy) is 2. The maximum atomic E-state index is 12.0. The molecule has 0 aliphatic carbocycles. The van der Waals surface area contributed by atoms with Gasteiger partial charge in [0.15, 0.2) is 0 Å². The van der Waals surface area contributed by atoms with Crippen LogP contribution in [0.3, 0.4) is 0 Å². The molecule has 1 unspecified atom stereocenters. The first-order valence-electron chi connectivity index (χ1n) is 8.42. The molecule has 0 spiro atoms. The van der Waals surface area contributed by atoms with Crippen molar-refractivity contribution in [2.24, 2.45) is 0 Å². The zero-order valence-electron chi connectivity index (χ0n) is 15.1. The molecule has 0 aromatic rings. The molecule has 1 rings (SSSR count). The van der Waals surface area contributed by atoms with Crippen LogP contribution in [0.15, 0.2) is 36.5 Å². The van der Waals surface area contributed by atoms with Crippen LogP contribution >= 0.6 is 0 Å². The van der Waals surface area contributed by atoms with Crippen LogP contribution in [0.4, 0.5) is 0 Å². The van der Waals surface area contributed by atoms with Crippen LogP contribution in [-0.2, 0) is 19.1 Å². The summed E-state index contributed by atoms with van der Waals surface area (Å²) in [6, 6.07) is -0.00749. The molecule has 0 aromatic heterocycles. The lowest BCUT2D eigenvalue weighted by Crippen LogP contribution is -2.47. The van der Waals surface area contributed by atoms with Crippen molar-refractivity contribution in [2.75, 3.05) is 0 Å². The SMILES string of the molecule is C=C/C(C)=C/C[C@H]1CC[C@@H](NC(=O)/C=C\C(C)OC(C)=O)[C@@H](C)O1. The fourth-order valence-corrected chi connectivity index (χ4v) is 2.59. The molecule has 1 aliphatic heterocycles. The maximum Gasteiger partial charge on any atom is 0.303 e. The van der Waals surface area contributed by atoms with Gasteiger partial charge in [0.2, 0.25) is 5.91 Å². The third-order valence-electron chi connectivity index (χ3n) is 4.00. The van der Waals surface area contributed by atoms with Crippen molar-refractivity contribution >= 4 is 11.9 Å². The Kier molecular flexibility index (Phi) is 8.47. The average molecular weight is 335 g/mol. The Balaban J connectivity index is 2.42. The molecule has 1 amide bonds. The van der Waals surface area contributed by atoms with Crippen LogP contribution in [-0.4, -0.2) is 36.2 Å². The van der Waals surface area contributed by atoms with E-state index < -0.39 is 6.10 Å². The van der Waals surface area contributed by atoms with E-state index in [2.05, 4.69) is 18.0 Å².